The minimum atomic E-state index is -0.112. The summed E-state index contributed by atoms with van der Waals surface area (Å²) in [5.74, 6) is 0.695. The van der Waals surface area contributed by atoms with Crippen molar-refractivity contribution in [3.63, 3.8) is 0 Å². The van der Waals surface area contributed by atoms with Gasteiger partial charge in [-0.25, -0.2) is 0 Å². The molecule has 0 radical (unpaired) electrons. The third-order valence-electron chi connectivity index (χ3n) is 3.16. The van der Waals surface area contributed by atoms with E-state index in [0.29, 0.717) is 5.56 Å². The molecular weight excluding hydrogens is 262 g/mol. The summed E-state index contributed by atoms with van der Waals surface area (Å²) in [6.45, 7) is 2.89. The van der Waals surface area contributed by atoms with E-state index in [1.54, 1.807) is 12.1 Å². The van der Waals surface area contributed by atoms with Crippen molar-refractivity contribution in [2.75, 3.05) is 11.9 Å². The average molecular weight is 283 g/mol. The van der Waals surface area contributed by atoms with E-state index >= 15 is 0 Å². The van der Waals surface area contributed by atoms with Gasteiger partial charge < -0.3 is 10.1 Å². The van der Waals surface area contributed by atoms with Crippen LogP contribution in [0.3, 0.4) is 0 Å². The molecule has 0 spiro atoms. The smallest absolute Gasteiger partial charge is 0.255 e. The fraction of sp³-hybridized carbons (Fsp3) is 0.278. The number of rotatable bonds is 7. The Balaban J connectivity index is 1.88. The van der Waals surface area contributed by atoms with E-state index in [0.717, 1.165) is 24.5 Å². The first-order valence-electron chi connectivity index (χ1n) is 7.39. The quantitative estimate of drug-likeness (QED) is 0.759. The summed E-state index contributed by atoms with van der Waals surface area (Å²) in [6.07, 6.45) is 3.42. The third-order valence-corrected chi connectivity index (χ3v) is 3.16. The number of unbranched alkanes of at least 4 members (excludes halogenated alkanes) is 2. The number of benzene rings is 2. The maximum atomic E-state index is 12.1. The number of amides is 1. The van der Waals surface area contributed by atoms with Crippen molar-refractivity contribution in [2.24, 2.45) is 0 Å². The first-order valence-corrected chi connectivity index (χ1v) is 7.39. The summed E-state index contributed by atoms with van der Waals surface area (Å²) < 4.78 is 5.63. The van der Waals surface area contributed by atoms with E-state index in [4.69, 9.17) is 4.74 Å². The number of anilines is 1. The Morgan fingerprint density at radius 1 is 1.00 bits per heavy atom. The van der Waals surface area contributed by atoms with Crippen molar-refractivity contribution in [3.8, 4) is 5.75 Å². The van der Waals surface area contributed by atoms with Crippen molar-refractivity contribution in [1.82, 2.24) is 0 Å². The lowest BCUT2D eigenvalue weighted by molar-refractivity contribution is 0.102. The predicted molar refractivity (Wildman–Crippen MR) is 85.9 cm³/mol. The molecule has 0 aromatic heterocycles. The zero-order chi connectivity index (χ0) is 14.9. The molecule has 0 bridgehead atoms. The Morgan fingerprint density at radius 2 is 1.71 bits per heavy atom. The fourth-order valence-corrected chi connectivity index (χ4v) is 1.97. The number of carbonyl (C=O) groups excluding carboxylic acids is 1. The Kier molecular flexibility index (Phi) is 5.83. The molecule has 2 aromatic rings. The molecular formula is C18H21NO2. The lowest BCUT2D eigenvalue weighted by Gasteiger charge is -2.07. The van der Waals surface area contributed by atoms with Crippen molar-refractivity contribution in [1.29, 1.82) is 0 Å². The zero-order valence-electron chi connectivity index (χ0n) is 12.3. The highest BCUT2D eigenvalue weighted by atomic mass is 16.5. The summed E-state index contributed by atoms with van der Waals surface area (Å²) in [7, 11) is 0. The topological polar surface area (TPSA) is 38.3 Å². The molecule has 21 heavy (non-hydrogen) atoms. The number of carbonyl (C=O) groups is 1. The second kappa shape index (κ2) is 8.10. The van der Waals surface area contributed by atoms with Crippen LogP contribution in [0.25, 0.3) is 0 Å². The molecule has 0 aliphatic heterocycles. The molecule has 3 heteroatoms. The maximum Gasteiger partial charge on any atom is 0.255 e. The van der Waals surface area contributed by atoms with Crippen LogP contribution < -0.4 is 10.1 Å². The summed E-state index contributed by atoms with van der Waals surface area (Å²) in [5.41, 5.74) is 1.42. The lowest BCUT2D eigenvalue weighted by Crippen LogP contribution is -2.11. The van der Waals surface area contributed by atoms with Crippen LogP contribution >= 0.6 is 0 Å². The third kappa shape index (κ3) is 4.95. The van der Waals surface area contributed by atoms with Gasteiger partial charge in [-0.05, 0) is 42.8 Å². The first-order chi connectivity index (χ1) is 10.3. The average Bonchev–Trinajstić information content (AvgIpc) is 2.53. The number of hydrogen-bond donors (Lipinski definition) is 1. The van der Waals surface area contributed by atoms with E-state index in [2.05, 4.69) is 12.2 Å². The Hall–Kier alpha value is -2.29. The standard InChI is InChI=1S/C18H21NO2/c1-2-3-7-14-21-17-12-10-15(11-13-17)18(20)19-16-8-5-4-6-9-16/h4-6,8-13H,2-3,7,14H2,1H3,(H,19,20). The van der Waals surface area contributed by atoms with Gasteiger partial charge in [0.2, 0.25) is 0 Å². The van der Waals surface area contributed by atoms with Gasteiger partial charge in [-0.3, -0.25) is 4.79 Å². The summed E-state index contributed by atoms with van der Waals surface area (Å²) in [5, 5.41) is 2.86. The van der Waals surface area contributed by atoms with Crippen molar-refractivity contribution in [2.45, 2.75) is 26.2 Å². The zero-order valence-corrected chi connectivity index (χ0v) is 12.3. The fourth-order valence-electron chi connectivity index (χ4n) is 1.97. The SMILES string of the molecule is CCCCCOc1ccc(C(=O)Nc2ccccc2)cc1. The number of ether oxygens (including phenoxy) is 1. The van der Waals surface area contributed by atoms with E-state index in [-0.39, 0.29) is 5.91 Å². The molecule has 0 aliphatic carbocycles. The van der Waals surface area contributed by atoms with Gasteiger partial charge in [0.15, 0.2) is 0 Å². The monoisotopic (exact) mass is 283 g/mol. The molecule has 0 saturated heterocycles. The van der Waals surface area contributed by atoms with Gasteiger partial charge in [0.1, 0.15) is 5.75 Å². The normalized spacial score (nSPS) is 10.1. The van der Waals surface area contributed by atoms with Crippen LogP contribution in [-0.4, -0.2) is 12.5 Å². The number of hydrogen-bond acceptors (Lipinski definition) is 2. The Bertz CT molecular complexity index is 549. The summed E-state index contributed by atoms with van der Waals surface area (Å²) >= 11 is 0. The van der Waals surface area contributed by atoms with Crippen LogP contribution in [0.4, 0.5) is 5.69 Å². The molecule has 2 aromatic carbocycles. The predicted octanol–water partition coefficient (Wildman–Crippen LogP) is 4.51. The van der Waals surface area contributed by atoms with Gasteiger partial charge in [-0.2, -0.15) is 0 Å². The molecule has 1 amide bonds. The molecule has 3 nitrogen and oxygen atoms in total. The van der Waals surface area contributed by atoms with E-state index in [9.17, 15) is 4.79 Å². The van der Waals surface area contributed by atoms with E-state index < -0.39 is 0 Å². The van der Waals surface area contributed by atoms with Crippen molar-refractivity contribution in [3.05, 3.63) is 60.2 Å². The molecule has 0 aliphatic rings. The number of nitrogens with one attached hydrogen (secondary N) is 1. The van der Waals surface area contributed by atoms with Crippen LogP contribution in [0.5, 0.6) is 5.75 Å². The van der Waals surface area contributed by atoms with Gasteiger partial charge in [0.05, 0.1) is 6.61 Å². The van der Waals surface area contributed by atoms with Crippen LogP contribution in [0.1, 0.15) is 36.5 Å². The highest BCUT2D eigenvalue weighted by Crippen LogP contribution is 2.14. The highest BCUT2D eigenvalue weighted by molar-refractivity contribution is 6.04. The van der Waals surface area contributed by atoms with E-state index in [1.807, 2.05) is 42.5 Å². The van der Waals surface area contributed by atoms with Crippen LogP contribution in [0, 0.1) is 0 Å². The molecule has 110 valence electrons. The maximum absolute atomic E-state index is 12.1. The van der Waals surface area contributed by atoms with Crippen LogP contribution in [0.2, 0.25) is 0 Å². The Morgan fingerprint density at radius 3 is 2.38 bits per heavy atom. The molecule has 0 fully saturated rings. The second-order valence-electron chi connectivity index (χ2n) is 4.90. The molecule has 0 atom stereocenters. The van der Waals surface area contributed by atoms with Crippen LogP contribution in [0.15, 0.2) is 54.6 Å². The summed E-state index contributed by atoms with van der Waals surface area (Å²) in [6, 6.07) is 16.7. The van der Waals surface area contributed by atoms with E-state index in [1.165, 1.54) is 12.8 Å². The van der Waals surface area contributed by atoms with Gasteiger partial charge in [0, 0.05) is 11.3 Å². The van der Waals surface area contributed by atoms with Crippen molar-refractivity contribution >= 4 is 11.6 Å². The summed E-state index contributed by atoms with van der Waals surface area (Å²) in [4.78, 5) is 12.1. The number of para-hydroxylation sites is 1. The molecule has 2 rings (SSSR count). The van der Waals surface area contributed by atoms with Gasteiger partial charge in [0.25, 0.3) is 5.91 Å². The van der Waals surface area contributed by atoms with Gasteiger partial charge in [-0.15, -0.1) is 0 Å². The van der Waals surface area contributed by atoms with Crippen LogP contribution in [-0.2, 0) is 0 Å². The van der Waals surface area contributed by atoms with Gasteiger partial charge >= 0.3 is 0 Å². The van der Waals surface area contributed by atoms with Gasteiger partial charge in [-0.1, -0.05) is 38.0 Å². The lowest BCUT2D eigenvalue weighted by atomic mass is 10.2. The van der Waals surface area contributed by atoms with Crippen molar-refractivity contribution < 1.29 is 9.53 Å². The highest BCUT2D eigenvalue weighted by Gasteiger charge is 2.05. The minimum absolute atomic E-state index is 0.112. The largest absolute Gasteiger partial charge is 0.494 e. The molecule has 0 unspecified atom stereocenters. The first kappa shape index (κ1) is 15.1. The molecule has 0 saturated carbocycles. The Labute approximate surface area is 126 Å². The second-order valence-corrected chi connectivity index (χ2v) is 4.90. The molecule has 0 heterocycles. The molecule has 1 N–H and O–H groups in total. The minimum Gasteiger partial charge on any atom is -0.494 e.